The van der Waals surface area contributed by atoms with E-state index in [0.29, 0.717) is 0 Å². The van der Waals surface area contributed by atoms with E-state index in [1.165, 1.54) is 23.1 Å². The van der Waals surface area contributed by atoms with E-state index in [2.05, 4.69) is 5.32 Å². The van der Waals surface area contributed by atoms with Crippen LogP contribution in [0.15, 0.2) is 24.3 Å². The first kappa shape index (κ1) is 16.6. The van der Waals surface area contributed by atoms with Crippen LogP contribution in [-0.4, -0.2) is 51.9 Å². The van der Waals surface area contributed by atoms with E-state index in [9.17, 15) is 27.6 Å². The zero-order valence-electron chi connectivity index (χ0n) is 12.2. The van der Waals surface area contributed by atoms with Crippen LogP contribution in [0, 0.1) is 0 Å². The lowest BCUT2D eigenvalue weighted by molar-refractivity contribution is -0.137. The Hall–Kier alpha value is -2.23. The second-order valence-corrected chi connectivity index (χ2v) is 6.28. The van der Waals surface area contributed by atoms with E-state index in [-0.39, 0.29) is 35.7 Å². The molecular formula is C14H12F3N3O3S. The molecule has 128 valence electrons. The summed E-state index contributed by atoms with van der Waals surface area (Å²) in [6.07, 6.45) is -4.58. The minimum Gasteiger partial charge on any atom is -0.320 e. The van der Waals surface area contributed by atoms with Gasteiger partial charge in [0.2, 0.25) is 5.91 Å². The number of halogens is 3. The molecule has 2 saturated heterocycles. The third-order valence-corrected chi connectivity index (χ3v) is 4.61. The van der Waals surface area contributed by atoms with Crippen LogP contribution < -0.4 is 5.32 Å². The average molecular weight is 359 g/mol. The summed E-state index contributed by atoms with van der Waals surface area (Å²) >= 11 is 0.901. The molecular weight excluding hydrogens is 347 g/mol. The van der Waals surface area contributed by atoms with E-state index in [1.54, 1.807) is 0 Å². The van der Waals surface area contributed by atoms with Crippen LogP contribution in [0.2, 0.25) is 0 Å². The number of para-hydroxylation sites is 1. The molecule has 0 spiro atoms. The van der Waals surface area contributed by atoms with E-state index >= 15 is 0 Å². The standard InChI is InChI=1S/C14H12F3N3O3S/c15-14(16,17)9-3-1-2-4-10(9)18-12(22)19-5-8(6-19)20-11(21)7-24-13(20)23/h1-4,8H,5-7H2,(H,18,22). The van der Waals surface area contributed by atoms with Crippen molar-refractivity contribution in [3.63, 3.8) is 0 Å². The number of rotatable bonds is 2. The number of carbonyl (C=O) groups is 3. The van der Waals surface area contributed by atoms with E-state index in [4.69, 9.17) is 0 Å². The number of urea groups is 1. The molecule has 0 saturated carbocycles. The summed E-state index contributed by atoms with van der Waals surface area (Å²) in [7, 11) is 0. The molecule has 0 aliphatic carbocycles. The number of alkyl halides is 3. The lowest BCUT2D eigenvalue weighted by atomic mass is 10.1. The van der Waals surface area contributed by atoms with Gasteiger partial charge >= 0.3 is 12.2 Å². The highest BCUT2D eigenvalue weighted by atomic mass is 32.2. The Morgan fingerprint density at radius 3 is 2.46 bits per heavy atom. The van der Waals surface area contributed by atoms with E-state index in [1.807, 2.05) is 0 Å². The molecule has 0 atom stereocenters. The number of likely N-dealkylation sites (tertiary alicyclic amines) is 1. The molecule has 1 N–H and O–H groups in total. The van der Waals surface area contributed by atoms with Gasteiger partial charge in [0.25, 0.3) is 5.24 Å². The molecule has 4 amide bonds. The van der Waals surface area contributed by atoms with Gasteiger partial charge in [0, 0.05) is 13.1 Å². The zero-order chi connectivity index (χ0) is 17.5. The Morgan fingerprint density at radius 2 is 1.88 bits per heavy atom. The van der Waals surface area contributed by atoms with Gasteiger partial charge in [0.05, 0.1) is 23.0 Å². The van der Waals surface area contributed by atoms with Gasteiger partial charge in [-0.3, -0.25) is 14.5 Å². The predicted molar refractivity (Wildman–Crippen MR) is 80.5 cm³/mol. The molecule has 2 aliphatic rings. The van der Waals surface area contributed by atoms with Crippen molar-refractivity contribution in [1.82, 2.24) is 9.80 Å². The maximum Gasteiger partial charge on any atom is 0.418 e. The van der Waals surface area contributed by atoms with Crippen molar-refractivity contribution in [2.75, 3.05) is 24.2 Å². The van der Waals surface area contributed by atoms with Crippen molar-refractivity contribution in [3.8, 4) is 0 Å². The first-order chi connectivity index (χ1) is 11.3. The smallest absolute Gasteiger partial charge is 0.320 e. The minimum atomic E-state index is -4.58. The Balaban J connectivity index is 1.62. The van der Waals surface area contributed by atoms with Gasteiger partial charge in [-0.1, -0.05) is 23.9 Å². The van der Waals surface area contributed by atoms with Gasteiger partial charge in [0.1, 0.15) is 0 Å². The number of anilines is 1. The van der Waals surface area contributed by atoms with Crippen molar-refractivity contribution in [2.24, 2.45) is 0 Å². The van der Waals surface area contributed by atoms with E-state index < -0.39 is 23.8 Å². The summed E-state index contributed by atoms with van der Waals surface area (Å²) in [6, 6.07) is 3.57. The Kier molecular flexibility index (Phi) is 4.16. The third kappa shape index (κ3) is 3.05. The molecule has 1 aromatic rings. The fourth-order valence-electron chi connectivity index (χ4n) is 2.54. The molecule has 2 aliphatic heterocycles. The molecule has 2 heterocycles. The monoisotopic (exact) mass is 359 g/mol. The molecule has 6 nitrogen and oxygen atoms in total. The highest BCUT2D eigenvalue weighted by Crippen LogP contribution is 2.35. The average Bonchev–Trinajstić information content (AvgIpc) is 2.77. The van der Waals surface area contributed by atoms with Gasteiger partial charge in [-0.15, -0.1) is 0 Å². The van der Waals surface area contributed by atoms with Crippen molar-refractivity contribution in [2.45, 2.75) is 12.2 Å². The molecule has 0 aromatic heterocycles. The summed E-state index contributed by atoms with van der Waals surface area (Å²) in [5.41, 5.74) is -1.26. The van der Waals surface area contributed by atoms with Crippen molar-refractivity contribution in [3.05, 3.63) is 29.8 Å². The molecule has 10 heteroatoms. The van der Waals surface area contributed by atoms with Crippen LogP contribution in [0.25, 0.3) is 0 Å². The summed E-state index contributed by atoms with van der Waals surface area (Å²) in [6.45, 7) is 0.218. The second kappa shape index (κ2) is 6.00. The minimum absolute atomic E-state index is 0.0838. The van der Waals surface area contributed by atoms with Gasteiger partial charge in [0.15, 0.2) is 0 Å². The van der Waals surface area contributed by atoms with Crippen LogP contribution in [0.4, 0.5) is 28.4 Å². The number of thioether (sulfide) groups is 1. The van der Waals surface area contributed by atoms with Crippen LogP contribution in [0.5, 0.6) is 0 Å². The SMILES string of the molecule is O=C(Nc1ccccc1C(F)(F)F)N1CC(N2C(=O)CSC2=O)C1. The predicted octanol–water partition coefficient (Wildman–Crippen LogP) is 2.62. The molecule has 0 radical (unpaired) electrons. The fourth-order valence-corrected chi connectivity index (χ4v) is 3.31. The lowest BCUT2D eigenvalue weighted by Crippen LogP contribution is -2.62. The fraction of sp³-hybridized carbons (Fsp3) is 0.357. The number of amides is 4. The maximum atomic E-state index is 12.9. The maximum absolute atomic E-state index is 12.9. The topological polar surface area (TPSA) is 69.7 Å². The number of carbonyl (C=O) groups excluding carboxylic acids is 3. The van der Waals surface area contributed by atoms with Crippen molar-refractivity contribution < 1.29 is 27.6 Å². The summed E-state index contributed by atoms with van der Waals surface area (Å²) in [5.74, 6) is -0.224. The second-order valence-electron chi connectivity index (χ2n) is 5.35. The summed E-state index contributed by atoms with van der Waals surface area (Å²) in [5, 5.41) is 1.87. The zero-order valence-corrected chi connectivity index (χ0v) is 13.0. The van der Waals surface area contributed by atoms with Crippen LogP contribution in [0.3, 0.4) is 0 Å². The van der Waals surface area contributed by atoms with E-state index in [0.717, 1.165) is 22.7 Å². The largest absolute Gasteiger partial charge is 0.418 e. The highest BCUT2D eigenvalue weighted by molar-refractivity contribution is 8.14. The van der Waals surface area contributed by atoms with Crippen LogP contribution >= 0.6 is 11.8 Å². The van der Waals surface area contributed by atoms with Gasteiger partial charge in [-0.25, -0.2) is 4.79 Å². The lowest BCUT2D eigenvalue weighted by Gasteiger charge is -2.42. The van der Waals surface area contributed by atoms with Gasteiger partial charge in [-0.2, -0.15) is 13.2 Å². The Bertz CT molecular complexity index is 688. The summed E-state index contributed by atoms with van der Waals surface area (Å²) < 4.78 is 38.7. The Labute approximate surface area is 139 Å². The summed E-state index contributed by atoms with van der Waals surface area (Å²) in [4.78, 5) is 37.6. The number of nitrogens with zero attached hydrogens (tertiary/aromatic N) is 2. The van der Waals surface area contributed by atoms with Gasteiger partial charge in [-0.05, 0) is 12.1 Å². The first-order valence-electron chi connectivity index (χ1n) is 6.98. The quantitative estimate of drug-likeness (QED) is 0.881. The number of imide groups is 1. The van der Waals surface area contributed by atoms with Crippen LogP contribution in [-0.2, 0) is 11.0 Å². The molecule has 24 heavy (non-hydrogen) atoms. The van der Waals surface area contributed by atoms with Gasteiger partial charge < -0.3 is 10.2 Å². The van der Waals surface area contributed by atoms with Crippen molar-refractivity contribution in [1.29, 1.82) is 0 Å². The number of nitrogens with one attached hydrogen (secondary N) is 1. The molecule has 2 fully saturated rings. The highest BCUT2D eigenvalue weighted by Gasteiger charge is 2.43. The van der Waals surface area contributed by atoms with Crippen molar-refractivity contribution >= 4 is 34.6 Å². The number of hydrogen-bond donors (Lipinski definition) is 1. The molecule has 0 bridgehead atoms. The first-order valence-corrected chi connectivity index (χ1v) is 7.97. The third-order valence-electron chi connectivity index (χ3n) is 3.77. The number of hydrogen-bond acceptors (Lipinski definition) is 4. The normalized spacial score (nSPS) is 18.8. The molecule has 0 unspecified atom stereocenters. The molecule has 3 rings (SSSR count). The number of benzene rings is 1. The Morgan fingerprint density at radius 1 is 1.21 bits per heavy atom. The van der Waals surface area contributed by atoms with Crippen LogP contribution in [0.1, 0.15) is 5.56 Å². The molecule has 1 aromatic carbocycles.